The number of carbonyl (C=O) groups is 1. The average molecular weight is 205 g/mol. The van der Waals surface area contributed by atoms with Crippen LogP contribution in [0.2, 0.25) is 0 Å². The Balaban J connectivity index is 3.37. The number of allylic oxidation sites excluding steroid dienone is 1. The number of nitriles is 1. The molecule has 3 nitrogen and oxygen atoms in total. The minimum absolute atomic E-state index is 0.149. The summed E-state index contributed by atoms with van der Waals surface area (Å²) in [6.45, 7) is 1.13. The Morgan fingerprint density at radius 1 is 1.47 bits per heavy atom. The highest BCUT2D eigenvalue weighted by Gasteiger charge is 2.14. The minimum Gasteiger partial charge on any atom is -0.506 e. The third kappa shape index (κ3) is 2.20. The SMILES string of the molecule is CC(=O)/C(C#N)=C(\O)c1ccccc1F. The molecule has 0 aliphatic heterocycles. The molecule has 0 aromatic heterocycles. The van der Waals surface area contributed by atoms with E-state index in [0.29, 0.717) is 0 Å². The molecular weight excluding hydrogens is 197 g/mol. The molecule has 1 N–H and O–H groups in total. The first-order chi connectivity index (χ1) is 7.07. The largest absolute Gasteiger partial charge is 0.506 e. The number of rotatable bonds is 2. The van der Waals surface area contributed by atoms with Gasteiger partial charge in [-0.3, -0.25) is 4.79 Å². The number of nitrogens with zero attached hydrogens (tertiary/aromatic N) is 1. The second kappa shape index (κ2) is 4.38. The lowest BCUT2D eigenvalue weighted by molar-refractivity contribution is -0.113. The van der Waals surface area contributed by atoms with E-state index in [2.05, 4.69) is 0 Å². The zero-order valence-electron chi connectivity index (χ0n) is 7.99. The van der Waals surface area contributed by atoms with Crippen LogP contribution in [0.25, 0.3) is 5.76 Å². The maximum Gasteiger partial charge on any atom is 0.174 e. The molecule has 0 unspecified atom stereocenters. The molecule has 0 aliphatic carbocycles. The van der Waals surface area contributed by atoms with Crippen LogP contribution in [0.15, 0.2) is 29.8 Å². The summed E-state index contributed by atoms with van der Waals surface area (Å²) in [5.74, 6) is -1.90. The minimum atomic E-state index is -0.677. The Hall–Kier alpha value is -2.15. The smallest absolute Gasteiger partial charge is 0.174 e. The number of halogens is 1. The topological polar surface area (TPSA) is 61.1 Å². The van der Waals surface area contributed by atoms with Gasteiger partial charge < -0.3 is 5.11 Å². The lowest BCUT2D eigenvalue weighted by Crippen LogP contribution is -2.00. The first-order valence-corrected chi connectivity index (χ1v) is 4.17. The average Bonchev–Trinajstić information content (AvgIpc) is 2.18. The number of hydrogen-bond acceptors (Lipinski definition) is 3. The molecule has 1 aromatic carbocycles. The van der Waals surface area contributed by atoms with Crippen molar-refractivity contribution in [3.8, 4) is 6.07 Å². The highest BCUT2D eigenvalue weighted by molar-refractivity contribution is 6.03. The zero-order valence-corrected chi connectivity index (χ0v) is 7.99. The van der Waals surface area contributed by atoms with Crippen LogP contribution < -0.4 is 0 Å². The molecule has 76 valence electrons. The summed E-state index contributed by atoms with van der Waals surface area (Å²) in [4.78, 5) is 10.9. The van der Waals surface area contributed by atoms with Crippen LogP contribution in [0.3, 0.4) is 0 Å². The fourth-order valence-electron chi connectivity index (χ4n) is 1.09. The zero-order chi connectivity index (χ0) is 11.4. The normalized spacial score (nSPS) is 11.5. The summed E-state index contributed by atoms with van der Waals surface area (Å²) < 4.78 is 13.2. The predicted molar refractivity (Wildman–Crippen MR) is 52.2 cm³/mol. The first kappa shape index (κ1) is 10.9. The van der Waals surface area contributed by atoms with E-state index in [4.69, 9.17) is 5.26 Å². The van der Waals surface area contributed by atoms with Crippen molar-refractivity contribution < 1.29 is 14.3 Å². The van der Waals surface area contributed by atoms with Crippen LogP contribution in [0.5, 0.6) is 0 Å². The maximum atomic E-state index is 13.2. The third-order valence-corrected chi connectivity index (χ3v) is 1.83. The van der Waals surface area contributed by atoms with Gasteiger partial charge in [0.2, 0.25) is 0 Å². The number of benzene rings is 1. The van der Waals surface area contributed by atoms with Gasteiger partial charge in [0.1, 0.15) is 23.2 Å². The second-order valence-corrected chi connectivity index (χ2v) is 2.87. The Kier molecular flexibility index (Phi) is 3.19. The molecule has 1 aromatic rings. The Bertz CT molecular complexity index is 472. The second-order valence-electron chi connectivity index (χ2n) is 2.87. The molecule has 15 heavy (non-hydrogen) atoms. The molecule has 0 heterocycles. The molecule has 0 spiro atoms. The van der Waals surface area contributed by atoms with Crippen LogP contribution in [-0.4, -0.2) is 10.9 Å². The molecule has 0 saturated heterocycles. The van der Waals surface area contributed by atoms with Gasteiger partial charge >= 0.3 is 0 Å². The quantitative estimate of drug-likeness (QED) is 0.457. The summed E-state index contributed by atoms with van der Waals surface area (Å²) in [5, 5.41) is 18.1. The van der Waals surface area contributed by atoms with Crippen molar-refractivity contribution in [1.82, 2.24) is 0 Å². The van der Waals surface area contributed by atoms with E-state index in [1.165, 1.54) is 18.2 Å². The fraction of sp³-hybridized carbons (Fsp3) is 0.0909. The van der Waals surface area contributed by atoms with Crippen LogP contribution in [0.4, 0.5) is 4.39 Å². The highest BCUT2D eigenvalue weighted by Crippen LogP contribution is 2.19. The Morgan fingerprint density at radius 2 is 2.07 bits per heavy atom. The Labute approximate surface area is 86.1 Å². The van der Waals surface area contributed by atoms with Crippen molar-refractivity contribution in [1.29, 1.82) is 5.26 Å². The van der Waals surface area contributed by atoms with E-state index in [0.717, 1.165) is 13.0 Å². The molecular formula is C11H8FNO2. The van der Waals surface area contributed by atoms with Gasteiger partial charge in [-0.1, -0.05) is 12.1 Å². The molecule has 0 aliphatic rings. The molecule has 1 rings (SSSR count). The van der Waals surface area contributed by atoms with E-state index in [1.807, 2.05) is 0 Å². The van der Waals surface area contributed by atoms with Crippen LogP contribution in [0, 0.1) is 17.1 Å². The lowest BCUT2D eigenvalue weighted by atomic mass is 10.1. The number of ketones is 1. The van der Waals surface area contributed by atoms with Crippen LogP contribution in [0.1, 0.15) is 12.5 Å². The maximum absolute atomic E-state index is 13.2. The standard InChI is InChI=1S/C11H8FNO2/c1-7(14)9(6-13)11(15)8-4-2-3-5-10(8)12/h2-5,15H,1H3/b11-9-. The van der Waals surface area contributed by atoms with E-state index in [-0.39, 0.29) is 5.56 Å². The fourth-order valence-corrected chi connectivity index (χ4v) is 1.09. The first-order valence-electron chi connectivity index (χ1n) is 4.17. The summed E-state index contributed by atoms with van der Waals surface area (Å²) in [6.07, 6.45) is 0. The molecule has 0 bridgehead atoms. The number of Topliss-reactive ketones (excluding diaryl/α,β-unsaturated/α-hetero) is 1. The van der Waals surface area contributed by atoms with Crippen molar-refractivity contribution in [2.45, 2.75) is 6.92 Å². The van der Waals surface area contributed by atoms with E-state index in [9.17, 15) is 14.3 Å². The Morgan fingerprint density at radius 3 is 2.53 bits per heavy atom. The summed E-state index contributed by atoms with van der Waals surface area (Å²) in [6, 6.07) is 6.93. The monoisotopic (exact) mass is 205 g/mol. The number of hydrogen-bond donors (Lipinski definition) is 1. The number of carbonyl (C=O) groups excluding carboxylic acids is 1. The van der Waals surface area contributed by atoms with Crippen molar-refractivity contribution in [2.75, 3.05) is 0 Å². The van der Waals surface area contributed by atoms with Gasteiger partial charge in [0.15, 0.2) is 5.78 Å². The van der Waals surface area contributed by atoms with Crippen LogP contribution in [-0.2, 0) is 4.79 Å². The van der Waals surface area contributed by atoms with Gasteiger partial charge in [-0.25, -0.2) is 4.39 Å². The lowest BCUT2D eigenvalue weighted by Gasteiger charge is -2.02. The van der Waals surface area contributed by atoms with E-state index < -0.39 is 22.9 Å². The van der Waals surface area contributed by atoms with Gasteiger partial charge in [-0.2, -0.15) is 5.26 Å². The van der Waals surface area contributed by atoms with Gasteiger partial charge in [0.05, 0.1) is 5.56 Å². The molecule has 0 atom stereocenters. The third-order valence-electron chi connectivity index (χ3n) is 1.83. The number of aliphatic hydroxyl groups excluding tert-OH is 1. The molecule has 0 radical (unpaired) electrons. The van der Waals surface area contributed by atoms with Gasteiger partial charge in [0, 0.05) is 6.92 Å². The van der Waals surface area contributed by atoms with E-state index in [1.54, 1.807) is 6.07 Å². The van der Waals surface area contributed by atoms with Crippen molar-refractivity contribution >= 4 is 11.5 Å². The van der Waals surface area contributed by atoms with E-state index >= 15 is 0 Å². The molecule has 0 amide bonds. The summed E-state index contributed by atoms with van der Waals surface area (Å²) in [7, 11) is 0. The number of aliphatic hydroxyl groups is 1. The van der Waals surface area contributed by atoms with Crippen LogP contribution >= 0.6 is 0 Å². The molecule has 0 saturated carbocycles. The predicted octanol–water partition coefficient (Wildman–Crippen LogP) is 2.21. The molecule has 0 fully saturated rings. The highest BCUT2D eigenvalue weighted by atomic mass is 19.1. The summed E-state index contributed by atoms with van der Waals surface area (Å²) >= 11 is 0. The van der Waals surface area contributed by atoms with Crippen molar-refractivity contribution in [3.63, 3.8) is 0 Å². The summed E-state index contributed by atoms with van der Waals surface area (Å²) in [5.41, 5.74) is -0.593. The van der Waals surface area contributed by atoms with Crippen molar-refractivity contribution in [3.05, 3.63) is 41.2 Å². The van der Waals surface area contributed by atoms with Crippen molar-refractivity contribution in [2.24, 2.45) is 0 Å². The van der Waals surface area contributed by atoms with Gasteiger partial charge in [0.25, 0.3) is 0 Å². The van der Waals surface area contributed by atoms with Gasteiger partial charge in [-0.15, -0.1) is 0 Å². The van der Waals surface area contributed by atoms with Gasteiger partial charge in [-0.05, 0) is 12.1 Å². The molecule has 4 heteroatoms.